The molecule has 0 fully saturated rings. The average Bonchev–Trinajstić information content (AvgIpc) is 2.90. The van der Waals surface area contributed by atoms with Crippen molar-refractivity contribution in [1.82, 2.24) is 9.78 Å². The Bertz CT molecular complexity index is 731. The van der Waals surface area contributed by atoms with Crippen LogP contribution in [0.15, 0.2) is 60.9 Å². The summed E-state index contributed by atoms with van der Waals surface area (Å²) in [5.41, 5.74) is 4.75. The molecule has 3 aromatic rings. The van der Waals surface area contributed by atoms with E-state index in [9.17, 15) is 0 Å². The number of benzene rings is 2. The van der Waals surface area contributed by atoms with Gasteiger partial charge in [-0.15, -0.1) is 0 Å². The molecule has 2 nitrogen and oxygen atoms in total. The van der Waals surface area contributed by atoms with E-state index in [1.165, 1.54) is 11.1 Å². The molecule has 0 amide bonds. The van der Waals surface area contributed by atoms with Gasteiger partial charge in [-0.2, -0.15) is 5.10 Å². The number of halogens is 1. The number of aromatic nitrogens is 2. The minimum Gasteiger partial charge on any atom is -0.268 e. The molecule has 3 heteroatoms. The molecular formula is C17H15ClN2. The number of nitrogens with zero attached hydrogens (tertiary/aromatic N) is 2. The van der Waals surface area contributed by atoms with Crippen LogP contribution in [-0.2, 0) is 6.54 Å². The summed E-state index contributed by atoms with van der Waals surface area (Å²) in [6.45, 7) is 2.91. The Balaban J connectivity index is 1.86. The van der Waals surface area contributed by atoms with E-state index in [4.69, 9.17) is 11.6 Å². The van der Waals surface area contributed by atoms with E-state index in [1.807, 2.05) is 35.1 Å². The minimum atomic E-state index is 0.745. The molecule has 0 aliphatic carbocycles. The van der Waals surface area contributed by atoms with Gasteiger partial charge in [0, 0.05) is 16.8 Å². The minimum absolute atomic E-state index is 0.745. The van der Waals surface area contributed by atoms with Crippen molar-refractivity contribution in [3.05, 3.63) is 77.1 Å². The van der Waals surface area contributed by atoms with Gasteiger partial charge >= 0.3 is 0 Å². The largest absolute Gasteiger partial charge is 0.268 e. The zero-order valence-electron chi connectivity index (χ0n) is 11.3. The van der Waals surface area contributed by atoms with E-state index in [0.29, 0.717) is 0 Å². The molecule has 0 unspecified atom stereocenters. The Kier molecular flexibility index (Phi) is 3.57. The molecule has 0 aliphatic heterocycles. The predicted octanol–water partition coefficient (Wildman–Crippen LogP) is 4.56. The second-order valence-corrected chi connectivity index (χ2v) is 5.30. The second kappa shape index (κ2) is 5.51. The molecule has 0 saturated heterocycles. The zero-order valence-corrected chi connectivity index (χ0v) is 12.0. The maximum absolute atomic E-state index is 6.02. The maximum atomic E-state index is 6.02. The first-order chi connectivity index (χ1) is 9.72. The monoisotopic (exact) mass is 282 g/mol. The van der Waals surface area contributed by atoms with Crippen molar-refractivity contribution in [2.45, 2.75) is 13.5 Å². The van der Waals surface area contributed by atoms with Gasteiger partial charge in [-0.05, 0) is 35.7 Å². The van der Waals surface area contributed by atoms with Gasteiger partial charge in [0.2, 0.25) is 0 Å². The van der Waals surface area contributed by atoms with Crippen molar-refractivity contribution in [2.75, 3.05) is 0 Å². The summed E-state index contributed by atoms with van der Waals surface area (Å²) in [6, 6.07) is 16.2. The first kappa shape index (κ1) is 12.9. The van der Waals surface area contributed by atoms with E-state index in [1.54, 1.807) is 0 Å². The normalized spacial score (nSPS) is 10.7. The van der Waals surface area contributed by atoms with E-state index in [-0.39, 0.29) is 0 Å². The predicted molar refractivity (Wildman–Crippen MR) is 83.0 cm³/mol. The van der Waals surface area contributed by atoms with Crippen molar-refractivity contribution in [2.24, 2.45) is 0 Å². The van der Waals surface area contributed by atoms with Crippen molar-refractivity contribution in [3.8, 4) is 11.1 Å². The van der Waals surface area contributed by atoms with Crippen LogP contribution in [0, 0.1) is 6.92 Å². The van der Waals surface area contributed by atoms with Crippen molar-refractivity contribution < 1.29 is 0 Å². The smallest absolute Gasteiger partial charge is 0.0662 e. The lowest BCUT2D eigenvalue weighted by Gasteiger charge is -2.05. The van der Waals surface area contributed by atoms with Crippen LogP contribution in [0.1, 0.15) is 11.1 Å². The van der Waals surface area contributed by atoms with Crippen molar-refractivity contribution in [1.29, 1.82) is 0 Å². The van der Waals surface area contributed by atoms with Crippen LogP contribution in [0.25, 0.3) is 11.1 Å². The summed E-state index contributed by atoms with van der Waals surface area (Å²) in [4.78, 5) is 0. The van der Waals surface area contributed by atoms with Crippen molar-refractivity contribution in [3.63, 3.8) is 0 Å². The van der Waals surface area contributed by atoms with Gasteiger partial charge in [-0.1, -0.05) is 48.0 Å². The van der Waals surface area contributed by atoms with Crippen LogP contribution in [-0.4, -0.2) is 9.78 Å². The highest BCUT2D eigenvalue weighted by Crippen LogP contribution is 2.22. The Hall–Kier alpha value is -2.06. The fourth-order valence-corrected chi connectivity index (χ4v) is 2.42. The van der Waals surface area contributed by atoms with Gasteiger partial charge in [0.25, 0.3) is 0 Å². The van der Waals surface area contributed by atoms with Crippen LogP contribution in [0.2, 0.25) is 5.02 Å². The molecule has 2 aromatic carbocycles. The molecule has 0 aliphatic rings. The summed E-state index contributed by atoms with van der Waals surface area (Å²) in [6.07, 6.45) is 3.93. The van der Waals surface area contributed by atoms with Crippen LogP contribution >= 0.6 is 11.6 Å². The molecule has 100 valence electrons. The molecule has 0 radical (unpaired) electrons. The third-order valence-electron chi connectivity index (χ3n) is 3.38. The quantitative estimate of drug-likeness (QED) is 0.688. The Morgan fingerprint density at radius 2 is 1.90 bits per heavy atom. The first-order valence-electron chi connectivity index (χ1n) is 6.55. The number of hydrogen-bond acceptors (Lipinski definition) is 1. The van der Waals surface area contributed by atoms with Crippen LogP contribution < -0.4 is 0 Å². The molecule has 0 spiro atoms. The molecule has 3 rings (SSSR count). The second-order valence-electron chi connectivity index (χ2n) is 4.86. The lowest BCUT2D eigenvalue weighted by Crippen LogP contribution is -2.01. The fourth-order valence-electron chi connectivity index (χ4n) is 2.23. The molecule has 0 N–H and O–H groups in total. The summed E-state index contributed by atoms with van der Waals surface area (Å²) >= 11 is 6.02. The standard InChI is InChI=1S/C17H15ClN2/c1-13-5-2-3-6-15(13)11-20-12-16(10-19-20)14-7-4-8-17(18)9-14/h2-10,12H,11H2,1H3. The third kappa shape index (κ3) is 2.75. The molecule has 0 bridgehead atoms. The molecule has 0 atom stereocenters. The van der Waals surface area contributed by atoms with Gasteiger partial charge < -0.3 is 0 Å². The Morgan fingerprint density at radius 3 is 2.70 bits per heavy atom. The highest BCUT2D eigenvalue weighted by Gasteiger charge is 2.04. The fraction of sp³-hybridized carbons (Fsp3) is 0.118. The van der Waals surface area contributed by atoms with Gasteiger partial charge in [-0.25, -0.2) is 0 Å². The number of hydrogen-bond donors (Lipinski definition) is 0. The Morgan fingerprint density at radius 1 is 1.05 bits per heavy atom. The zero-order chi connectivity index (χ0) is 13.9. The van der Waals surface area contributed by atoms with E-state index in [0.717, 1.165) is 22.7 Å². The molecule has 0 saturated carbocycles. The molecule has 1 heterocycles. The van der Waals surface area contributed by atoms with E-state index in [2.05, 4.69) is 42.5 Å². The van der Waals surface area contributed by atoms with Crippen LogP contribution in [0.3, 0.4) is 0 Å². The molecular weight excluding hydrogens is 268 g/mol. The van der Waals surface area contributed by atoms with Crippen LogP contribution in [0.5, 0.6) is 0 Å². The number of aryl methyl sites for hydroxylation is 1. The summed E-state index contributed by atoms with van der Waals surface area (Å²) in [7, 11) is 0. The lowest BCUT2D eigenvalue weighted by atomic mass is 10.1. The summed E-state index contributed by atoms with van der Waals surface area (Å²) in [5, 5.41) is 5.18. The van der Waals surface area contributed by atoms with Crippen molar-refractivity contribution >= 4 is 11.6 Å². The topological polar surface area (TPSA) is 17.8 Å². The average molecular weight is 283 g/mol. The van der Waals surface area contributed by atoms with E-state index < -0.39 is 0 Å². The third-order valence-corrected chi connectivity index (χ3v) is 3.62. The maximum Gasteiger partial charge on any atom is 0.0662 e. The summed E-state index contributed by atoms with van der Waals surface area (Å²) < 4.78 is 1.96. The highest BCUT2D eigenvalue weighted by molar-refractivity contribution is 6.30. The highest BCUT2D eigenvalue weighted by atomic mass is 35.5. The lowest BCUT2D eigenvalue weighted by molar-refractivity contribution is 0.684. The van der Waals surface area contributed by atoms with E-state index >= 15 is 0 Å². The number of rotatable bonds is 3. The Labute approximate surface area is 123 Å². The summed E-state index contributed by atoms with van der Waals surface area (Å²) in [5.74, 6) is 0. The van der Waals surface area contributed by atoms with Gasteiger partial charge in [-0.3, -0.25) is 4.68 Å². The van der Waals surface area contributed by atoms with Gasteiger partial charge in [0.1, 0.15) is 0 Å². The van der Waals surface area contributed by atoms with Gasteiger partial charge in [0.05, 0.1) is 12.7 Å². The first-order valence-corrected chi connectivity index (χ1v) is 6.93. The molecule has 1 aromatic heterocycles. The SMILES string of the molecule is Cc1ccccc1Cn1cc(-c2cccc(Cl)c2)cn1. The van der Waals surface area contributed by atoms with Crippen LogP contribution in [0.4, 0.5) is 0 Å². The molecule has 20 heavy (non-hydrogen) atoms. The van der Waals surface area contributed by atoms with Gasteiger partial charge in [0.15, 0.2) is 0 Å².